The van der Waals surface area contributed by atoms with Gasteiger partial charge in [-0.25, -0.2) is 13.2 Å². The Hall–Kier alpha value is -1.76. The van der Waals surface area contributed by atoms with Crippen molar-refractivity contribution in [1.82, 2.24) is 10.2 Å². The SMILES string of the molecule is CCN(C(=O)NCC1(c2ccc(OC)cc2)CC1)C1CCS(=O)(=O)C1. The maximum absolute atomic E-state index is 12.6. The van der Waals surface area contributed by atoms with E-state index in [1.807, 2.05) is 19.1 Å². The van der Waals surface area contributed by atoms with E-state index >= 15 is 0 Å². The van der Waals surface area contributed by atoms with Gasteiger partial charge in [0, 0.05) is 24.5 Å². The molecule has 1 aliphatic carbocycles. The minimum atomic E-state index is -3.00. The number of methoxy groups -OCH3 is 1. The van der Waals surface area contributed by atoms with Gasteiger partial charge < -0.3 is 15.0 Å². The molecule has 7 heteroatoms. The Morgan fingerprint density at radius 2 is 2.00 bits per heavy atom. The first kappa shape index (κ1) is 18.0. The summed E-state index contributed by atoms with van der Waals surface area (Å²) >= 11 is 0. The van der Waals surface area contributed by atoms with Gasteiger partial charge in [-0.1, -0.05) is 12.1 Å². The van der Waals surface area contributed by atoms with Crippen LogP contribution in [0.2, 0.25) is 0 Å². The van der Waals surface area contributed by atoms with Crippen LogP contribution in [0, 0.1) is 0 Å². The Morgan fingerprint density at radius 1 is 1.32 bits per heavy atom. The lowest BCUT2D eigenvalue weighted by Crippen LogP contribution is -2.48. The Balaban J connectivity index is 1.61. The summed E-state index contributed by atoms with van der Waals surface area (Å²) in [6.07, 6.45) is 2.63. The van der Waals surface area contributed by atoms with E-state index in [-0.39, 0.29) is 29.0 Å². The number of nitrogens with one attached hydrogen (secondary N) is 1. The molecule has 1 unspecified atom stereocenters. The smallest absolute Gasteiger partial charge is 0.317 e. The highest BCUT2D eigenvalue weighted by atomic mass is 32.2. The van der Waals surface area contributed by atoms with Gasteiger partial charge in [0.1, 0.15) is 5.75 Å². The molecule has 25 heavy (non-hydrogen) atoms. The number of urea groups is 1. The molecule has 2 aliphatic rings. The molecule has 1 heterocycles. The first-order valence-corrected chi connectivity index (χ1v) is 10.6. The fraction of sp³-hybridized carbons (Fsp3) is 0.611. The van der Waals surface area contributed by atoms with Crippen LogP contribution in [0.15, 0.2) is 24.3 Å². The predicted molar refractivity (Wildman–Crippen MR) is 96.7 cm³/mol. The summed E-state index contributed by atoms with van der Waals surface area (Å²) in [4.78, 5) is 14.2. The number of benzene rings is 1. The average Bonchev–Trinajstić information content (AvgIpc) is 3.31. The highest BCUT2D eigenvalue weighted by Gasteiger charge is 2.45. The van der Waals surface area contributed by atoms with Crippen LogP contribution in [-0.2, 0) is 15.3 Å². The fourth-order valence-electron chi connectivity index (χ4n) is 3.60. The van der Waals surface area contributed by atoms with E-state index in [9.17, 15) is 13.2 Å². The van der Waals surface area contributed by atoms with Crippen molar-refractivity contribution in [2.45, 2.75) is 37.6 Å². The molecule has 1 saturated heterocycles. The quantitative estimate of drug-likeness (QED) is 0.835. The minimum absolute atomic E-state index is 0.00307. The lowest BCUT2D eigenvalue weighted by molar-refractivity contribution is 0.183. The van der Waals surface area contributed by atoms with Gasteiger partial charge in [0.25, 0.3) is 0 Å². The number of hydrogen-bond donors (Lipinski definition) is 1. The number of nitrogens with zero attached hydrogens (tertiary/aromatic N) is 1. The zero-order valence-corrected chi connectivity index (χ0v) is 15.6. The summed E-state index contributed by atoms with van der Waals surface area (Å²) in [7, 11) is -1.35. The largest absolute Gasteiger partial charge is 0.497 e. The summed E-state index contributed by atoms with van der Waals surface area (Å²) < 4.78 is 28.6. The number of carbonyl (C=O) groups is 1. The number of ether oxygens (including phenoxy) is 1. The lowest BCUT2D eigenvalue weighted by atomic mass is 9.96. The highest BCUT2D eigenvalue weighted by molar-refractivity contribution is 7.91. The van der Waals surface area contributed by atoms with Gasteiger partial charge in [-0.2, -0.15) is 0 Å². The average molecular weight is 366 g/mol. The zero-order chi connectivity index (χ0) is 18.1. The van der Waals surface area contributed by atoms with Gasteiger partial charge in [-0.15, -0.1) is 0 Å². The second-order valence-corrected chi connectivity index (χ2v) is 9.24. The Morgan fingerprint density at radius 3 is 2.48 bits per heavy atom. The van der Waals surface area contributed by atoms with Crippen molar-refractivity contribution >= 4 is 15.9 Å². The molecule has 0 radical (unpaired) electrons. The van der Waals surface area contributed by atoms with Crippen LogP contribution in [0.3, 0.4) is 0 Å². The number of rotatable bonds is 6. The van der Waals surface area contributed by atoms with Crippen molar-refractivity contribution in [3.05, 3.63) is 29.8 Å². The van der Waals surface area contributed by atoms with E-state index in [1.165, 1.54) is 5.56 Å². The van der Waals surface area contributed by atoms with Crippen LogP contribution in [0.1, 0.15) is 31.7 Å². The molecule has 2 fully saturated rings. The summed E-state index contributed by atoms with van der Waals surface area (Å²) in [5.41, 5.74) is 1.21. The van der Waals surface area contributed by atoms with Crippen LogP contribution in [0.25, 0.3) is 0 Å². The number of carbonyl (C=O) groups excluding carboxylic acids is 1. The Labute approximate surface area is 149 Å². The molecule has 1 atom stereocenters. The van der Waals surface area contributed by atoms with E-state index in [1.54, 1.807) is 12.0 Å². The van der Waals surface area contributed by atoms with Crippen LogP contribution < -0.4 is 10.1 Å². The van der Waals surface area contributed by atoms with Crippen molar-refractivity contribution in [3.63, 3.8) is 0 Å². The van der Waals surface area contributed by atoms with Crippen molar-refractivity contribution in [3.8, 4) is 5.75 Å². The van der Waals surface area contributed by atoms with Gasteiger partial charge >= 0.3 is 6.03 Å². The van der Waals surface area contributed by atoms with E-state index in [4.69, 9.17) is 4.74 Å². The highest BCUT2D eigenvalue weighted by Crippen LogP contribution is 2.47. The molecule has 138 valence electrons. The van der Waals surface area contributed by atoms with Crippen molar-refractivity contribution in [1.29, 1.82) is 0 Å². The third-order valence-electron chi connectivity index (χ3n) is 5.38. The number of hydrogen-bond acceptors (Lipinski definition) is 4. The lowest BCUT2D eigenvalue weighted by Gasteiger charge is -2.28. The number of amides is 2. The molecule has 1 aromatic rings. The van der Waals surface area contributed by atoms with E-state index in [2.05, 4.69) is 17.4 Å². The molecule has 1 aromatic carbocycles. The fourth-order valence-corrected chi connectivity index (χ4v) is 5.33. The third-order valence-corrected chi connectivity index (χ3v) is 7.14. The normalized spacial score (nSPS) is 23.0. The second-order valence-electron chi connectivity index (χ2n) is 7.01. The summed E-state index contributed by atoms with van der Waals surface area (Å²) in [6.45, 7) is 2.98. The maximum Gasteiger partial charge on any atom is 0.317 e. The van der Waals surface area contributed by atoms with E-state index < -0.39 is 9.84 Å². The predicted octanol–water partition coefficient (Wildman–Crippen LogP) is 1.95. The molecule has 6 nitrogen and oxygen atoms in total. The molecule has 1 saturated carbocycles. The topological polar surface area (TPSA) is 75.7 Å². The summed E-state index contributed by atoms with van der Waals surface area (Å²) in [6, 6.07) is 7.63. The molecule has 1 aliphatic heterocycles. The third kappa shape index (κ3) is 3.92. The monoisotopic (exact) mass is 366 g/mol. The summed E-state index contributed by atoms with van der Waals surface area (Å²) in [5, 5.41) is 3.03. The van der Waals surface area contributed by atoms with Crippen molar-refractivity contribution in [2.75, 3.05) is 31.7 Å². The summed E-state index contributed by atoms with van der Waals surface area (Å²) in [5.74, 6) is 1.08. The standard InChI is InChI=1S/C18H26N2O4S/c1-3-20(15-8-11-25(22,23)12-15)17(21)19-13-18(9-10-18)14-4-6-16(24-2)7-5-14/h4-7,15H,3,8-13H2,1-2H3,(H,19,21). The van der Waals surface area contributed by atoms with Crippen LogP contribution in [0.4, 0.5) is 4.79 Å². The van der Waals surface area contributed by atoms with Gasteiger partial charge in [0.05, 0.1) is 18.6 Å². The molecule has 0 aromatic heterocycles. The first-order valence-electron chi connectivity index (χ1n) is 8.78. The first-order chi connectivity index (χ1) is 11.9. The van der Waals surface area contributed by atoms with Gasteiger partial charge in [-0.3, -0.25) is 0 Å². The molecule has 3 rings (SSSR count). The zero-order valence-electron chi connectivity index (χ0n) is 14.8. The van der Waals surface area contributed by atoms with Crippen molar-refractivity contribution < 1.29 is 17.9 Å². The second kappa shape index (κ2) is 6.86. The molecule has 0 bridgehead atoms. The van der Waals surface area contributed by atoms with Crippen LogP contribution in [-0.4, -0.2) is 57.1 Å². The van der Waals surface area contributed by atoms with E-state index in [0.29, 0.717) is 19.5 Å². The molecular weight excluding hydrogens is 340 g/mol. The Bertz CT molecular complexity index is 726. The minimum Gasteiger partial charge on any atom is -0.497 e. The molecular formula is C18H26N2O4S. The number of sulfone groups is 1. The van der Waals surface area contributed by atoms with Gasteiger partial charge in [-0.05, 0) is 43.9 Å². The van der Waals surface area contributed by atoms with Crippen molar-refractivity contribution in [2.24, 2.45) is 0 Å². The van der Waals surface area contributed by atoms with E-state index in [0.717, 1.165) is 18.6 Å². The molecule has 0 spiro atoms. The molecule has 2 amide bonds. The molecule has 1 N–H and O–H groups in total. The van der Waals surface area contributed by atoms with Crippen LogP contribution >= 0.6 is 0 Å². The van der Waals surface area contributed by atoms with Crippen LogP contribution in [0.5, 0.6) is 5.75 Å². The Kier molecular flexibility index (Phi) is 4.95. The van der Waals surface area contributed by atoms with Gasteiger partial charge in [0.2, 0.25) is 0 Å². The maximum atomic E-state index is 12.6. The van der Waals surface area contributed by atoms with Gasteiger partial charge in [0.15, 0.2) is 9.84 Å².